The molecule has 1 unspecified atom stereocenters. The highest BCUT2D eigenvalue weighted by Crippen LogP contribution is 2.22. The largest absolute Gasteiger partial charge is 0.392 e. The van der Waals surface area contributed by atoms with Crippen LogP contribution in [0.2, 0.25) is 0 Å². The lowest BCUT2D eigenvalue weighted by Gasteiger charge is -2.33. The number of hydrogen-bond acceptors (Lipinski definition) is 3. The summed E-state index contributed by atoms with van der Waals surface area (Å²) in [6, 6.07) is 1.04. The molecule has 2 aliphatic rings. The molecule has 1 heterocycles. The van der Waals surface area contributed by atoms with Gasteiger partial charge in [0.15, 0.2) is 0 Å². The van der Waals surface area contributed by atoms with Crippen LogP contribution in [0.3, 0.4) is 0 Å². The summed E-state index contributed by atoms with van der Waals surface area (Å²) in [7, 11) is 0. The summed E-state index contributed by atoms with van der Waals surface area (Å²) in [6.07, 6.45) is 7.21. The normalized spacial score (nSPS) is 39.6. The molecule has 1 saturated carbocycles. The minimum atomic E-state index is -0.0873. The third-order valence-corrected chi connectivity index (χ3v) is 4.55. The van der Waals surface area contributed by atoms with E-state index in [4.69, 9.17) is 0 Å². The molecule has 2 N–H and O–H groups in total. The predicted molar refractivity (Wildman–Crippen MR) is 61.7 cm³/mol. The van der Waals surface area contributed by atoms with Crippen LogP contribution in [0.1, 0.15) is 38.5 Å². The van der Waals surface area contributed by atoms with Crippen molar-refractivity contribution in [1.29, 1.82) is 0 Å². The predicted octanol–water partition coefficient (Wildman–Crippen LogP) is 1.78. The van der Waals surface area contributed by atoms with Crippen molar-refractivity contribution < 1.29 is 5.11 Å². The first kappa shape index (κ1) is 10.8. The fourth-order valence-corrected chi connectivity index (χ4v) is 3.57. The van der Waals surface area contributed by atoms with Crippen molar-refractivity contribution in [3.8, 4) is 0 Å². The van der Waals surface area contributed by atoms with E-state index < -0.39 is 0 Å². The molecule has 1 saturated heterocycles. The van der Waals surface area contributed by atoms with Gasteiger partial charge in [-0.05, 0) is 31.4 Å². The van der Waals surface area contributed by atoms with Gasteiger partial charge in [-0.2, -0.15) is 11.8 Å². The van der Waals surface area contributed by atoms with Crippen LogP contribution >= 0.6 is 11.8 Å². The second kappa shape index (κ2) is 5.38. The minimum absolute atomic E-state index is 0.0873. The van der Waals surface area contributed by atoms with Gasteiger partial charge in [-0.1, -0.05) is 12.8 Å². The lowest BCUT2D eigenvalue weighted by molar-refractivity contribution is 0.0855. The van der Waals surface area contributed by atoms with Gasteiger partial charge in [0.2, 0.25) is 0 Å². The summed E-state index contributed by atoms with van der Waals surface area (Å²) in [6.45, 7) is 0. The maximum Gasteiger partial charge on any atom is 0.0693 e. The van der Waals surface area contributed by atoms with E-state index in [0.717, 1.165) is 6.42 Å². The highest BCUT2D eigenvalue weighted by Gasteiger charge is 2.25. The van der Waals surface area contributed by atoms with E-state index >= 15 is 0 Å². The molecular weight excluding hydrogens is 194 g/mol. The summed E-state index contributed by atoms with van der Waals surface area (Å²) in [4.78, 5) is 0. The van der Waals surface area contributed by atoms with Gasteiger partial charge in [0, 0.05) is 17.8 Å². The Bertz CT molecular complexity index is 171. The lowest BCUT2D eigenvalue weighted by Crippen LogP contribution is -2.48. The number of aliphatic hydroxyl groups excluding tert-OH is 1. The van der Waals surface area contributed by atoms with E-state index in [9.17, 15) is 5.11 Å². The molecule has 1 aliphatic carbocycles. The van der Waals surface area contributed by atoms with Crippen molar-refractivity contribution in [3.63, 3.8) is 0 Å². The molecule has 0 aromatic heterocycles. The van der Waals surface area contributed by atoms with Crippen molar-refractivity contribution in [2.75, 3.05) is 11.5 Å². The monoisotopic (exact) mass is 215 g/mol. The summed E-state index contributed by atoms with van der Waals surface area (Å²) in [5.41, 5.74) is 0. The zero-order valence-electron chi connectivity index (χ0n) is 8.74. The molecule has 3 atom stereocenters. The van der Waals surface area contributed by atoms with Crippen LogP contribution in [0.5, 0.6) is 0 Å². The fourth-order valence-electron chi connectivity index (χ4n) is 2.48. The molecule has 82 valence electrons. The molecule has 0 bridgehead atoms. The summed E-state index contributed by atoms with van der Waals surface area (Å²) in [5, 5.41) is 13.5. The third-order valence-electron chi connectivity index (χ3n) is 3.34. The molecular formula is C11H21NOS. The average Bonchev–Trinajstić information content (AvgIpc) is 2.23. The molecule has 0 radical (unpaired) electrons. The molecule has 0 aromatic rings. The van der Waals surface area contributed by atoms with Gasteiger partial charge in [0.05, 0.1) is 6.10 Å². The first-order valence-corrected chi connectivity index (χ1v) is 7.03. The summed E-state index contributed by atoms with van der Waals surface area (Å²) < 4.78 is 0. The summed E-state index contributed by atoms with van der Waals surface area (Å²) >= 11 is 2.05. The molecule has 0 spiro atoms. The molecule has 0 aromatic carbocycles. The van der Waals surface area contributed by atoms with E-state index in [1.807, 2.05) is 11.8 Å². The molecule has 3 heteroatoms. The number of nitrogens with one attached hydrogen (secondary N) is 1. The van der Waals surface area contributed by atoms with Crippen molar-refractivity contribution >= 4 is 11.8 Å². The van der Waals surface area contributed by atoms with Crippen LogP contribution in [0.4, 0.5) is 0 Å². The van der Waals surface area contributed by atoms with Crippen LogP contribution in [-0.4, -0.2) is 34.8 Å². The SMILES string of the molecule is O[C@H]1CCCC[C@@H]1NC1CCCSC1. The zero-order chi connectivity index (χ0) is 9.80. The first-order valence-electron chi connectivity index (χ1n) is 5.88. The second-order valence-electron chi connectivity index (χ2n) is 4.54. The quantitative estimate of drug-likeness (QED) is 0.736. The van der Waals surface area contributed by atoms with Gasteiger partial charge in [-0.15, -0.1) is 0 Å². The Hall–Kier alpha value is 0.270. The Morgan fingerprint density at radius 3 is 2.64 bits per heavy atom. The van der Waals surface area contributed by atoms with E-state index in [0.29, 0.717) is 12.1 Å². The maximum absolute atomic E-state index is 9.83. The molecule has 14 heavy (non-hydrogen) atoms. The van der Waals surface area contributed by atoms with E-state index in [1.165, 1.54) is 43.6 Å². The minimum Gasteiger partial charge on any atom is -0.392 e. The van der Waals surface area contributed by atoms with E-state index in [2.05, 4.69) is 5.32 Å². The second-order valence-corrected chi connectivity index (χ2v) is 5.69. The standard InChI is InChI=1S/C11H21NOS/c13-11-6-2-1-5-10(11)12-9-4-3-7-14-8-9/h9-13H,1-8H2/t9?,10-,11-/m0/s1. The van der Waals surface area contributed by atoms with Gasteiger partial charge in [-0.3, -0.25) is 0 Å². The highest BCUT2D eigenvalue weighted by atomic mass is 32.2. The van der Waals surface area contributed by atoms with Gasteiger partial charge < -0.3 is 10.4 Å². The Labute approximate surface area is 90.8 Å². The van der Waals surface area contributed by atoms with Gasteiger partial charge in [0.25, 0.3) is 0 Å². The Balaban J connectivity index is 1.76. The smallest absolute Gasteiger partial charge is 0.0693 e. The van der Waals surface area contributed by atoms with Crippen molar-refractivity contribution in [3.05, 3.63) is 0 Å². The highest BCUT2D eigenvalue weighted by molar-refractivity contribution is 7.99. The lowest BCUT2D eigenvalue weighted by atomic mass is 9.92. The molecule has 1 aliphatic heterocycles. The first-order chi connectivity index (χ1) is 6.86. The zero-order valence-corrected chi connectivity index (χ0v) is 9.56. The van der Waals surface area contributed by atoms with E-state index in [-0.39, 0.29) is 6.10 Å². The van der Waals surface area contributed by atoms with Gasteiger partial charge in [0.1, 0.15) is 0 Å². The van der Waals surface area contributed by atoms with Crippen molar-refractivity contribution in [2.45, 2.75) is 56.7 Å². The number of thioether (sulfide) groups is 1. The molecule has 0 amide bonds. The van der Waals surface area contributed by atoms with Crippen LogP contribution < -0.4 is 5.32 Å². The number of rotatable bonds is 2. The number of hydrogen-bond donors (Lipinski definition) is 2. The maximum atomic E-state index is 9.83. The topological polar surface area (TPSA) is 32.3 Å². The number of aliphatic hydroxyl groups is 1. The Morgan fingerprint density at radius 2 is 1.93 bits per heavy atom. The van der Waals surface area contributed by atoms with Crippen LogP contribution in [0.25, 0.3) is 0 Å². The van der Waals surface area contributed by atoms with Crippen LogP contribution in [0.15, 0.2) is 0 Å². The van der Waals surface area contributed by atoms with E-state index in [1.54, 1.807) is 0 Å². The third kappa shape index (κ3) is 2.88. The van der Waals surface area contributed by atoms with Crippen LogP contribution in [0, 0.1) is 0 Å². The van der Waals surface area contributed by atoms with Gasteiger partial charge in [-0.25, -0.2) is 0 Å². The summed E-state index contributed by atoms with van der Waals surface area (Å²) in [5.74, 6) is 2.56. The van der Waals surface area contributed by atoms with Crippen molar-refractivity contribution in [1.82, 2.24) is 5.32 Å². The average molecular weight is 215 g/mol. The molecule has 2 rings (SSSR count). The fraction of sp³-hybridized carbons (Fsp3) is 1.00. The molecule has 2 fully saturated rings. The van der Waals surface area contributed by atoms with Crippen LogP contribution in [-0.2, 0) is 0 Å². The molecule has 2 nitrogen and oxygen atoms in total. The Morgan fingerprint density at radius 1 is 1.07 bits per heavy atom. The Kier molecular flexibility index (Phi) is 4.14. The van der Waals surface area contributed by atoms with Crippen molar-refractivity contribution in [2.24, 2.45) is 0 Å². The van der Waals surface area contributed by atoms with Gasteiger partial charge >= 0.3 is 0 Å².